The lowest BCUT2D eigenvalue weighted by Gasteiger charge is -2.42. The van der Waals surface area contributed by atoms with E-state index in [9.17, 15) is 0 Å². The first-order chi connectivity index (χ1) is 16.2. The van der Waals surface area contributed by atoms with Crippen LogP contribution in [-0.2, 0) is 11.8 Å². The highest BCUT2D eigenvalue weighted by atomic mass is 15.2. The first-order valence-corrected chi connectivity index (χ1v) is 12.5. The van der Waals surface area contributed by atoms with Gasteiger partial charge in [-0.15, -0.1) is 0 Å². The molecule has 172 valence electrons. The molecular formula is C33H35N. The molecule has 1 heteroatoms. The van der Waals surface area contributed by atoms with Gasteiger partial charge in [-0.1, -0.05) is 99.6 Å². The van der Waals surface area contributed by atoms with E-state index in [4.69, 9.17) is 0 Å². The number of anilines is 2. The van der Waals surface area contributed by atoms with E-state index >= 15 is 0 Å². The Hall–Kier alpha value is -3.32. The first kappa shape index (κ1) is 22.5. The van der Waals surface area contributed by atoms with Gasteiger partial charge in [-0.05, 0) is 78.3 Å². The largest absolute Gasteiger partial charge is 0.336 e. The summed E-state index contributed by atoms with van der Waals surface area (Å²) in [5.74, 6) is 0. The Kier molecular flexibility index (Phi) is 5.40. The summed E-state index contributed by atoms with van der Waals surface area (Å²) >= 11 is 0. The molecule has 1 aliphatic carbocycles. The first-order valence-electron chi connectivity index (χ1n) is 12.5. The molecule has 34 heavy (non-hydrogen) atoms. The Balaban J connectivity index is 1.73. The maximum absolute atomic E-state index is 2.58. The fourth-order valence-electron chi connectivity index (χ4n) is 5.72. The minimum absolute atomic E-state index is 0.0556. The molecule has 0 radical (unpaired) electrons. The lowest BCUT2D eigenvalue weighted by Crippen LogP contribution is -2.39. The molecule has 1 nitrogen and oxygen atoms in total. The van der Waals surface area contributed by atoms with Crippen LogP contribution < -0.4 is 4.90 Å². The Bertz CT molecular complexity index is 1320. The molecule has 0 aromatic heterocycles. The minimum Gasteiger partial charge on any atom is -0.336 e. The third-order valence-electron chi connectivity index (χ3n) is 7.29. The molecule has 0 atom stereocenters. The molecule has 0 N–H and O–H groups in total. The van der Waals surface area contributed by atoms with Crippen LogP contribution in [0.4, 0.5) is 11.4 Å². The van der Waals surface area contributed by atoms with Crippen LogP contribution in [0.15, 0.2) is 91.0 Å². The quantitative estimate of drug-likeness (QED) is 0.303. The fraction of sp³-hybridized carbons (Fsp3) is 0.273. The van der Waals surface area contributed by atoms with Crippen molar-refractivity contribution in [1.82, 2.24) is 0 Å². The number of hydrogen-bond acceptors (Lipinski definition) is 1. The average Bonchev–Trinajstić information content (AvgIpc) is 3.07. The van der Waals surface area contributed by atoms with Gasteiger partial charge in [0.05, 0.1) is 0 Å². The van der Waals surface area contributed by atoms with Gasteiger partial charge in [0.2, 0.25) is 0 Å². The molecule has 4 aromatic carbocycles. The Morgan fingerprint density at radius 2 is 1.29 bits per heavy atom. The molecule has 0 aliphatic heterocycles. The van der Waals surface area contributed by atoms with Crippen LogP contribution in [0.1, 0.15) is 58.2 Å². The zero-order valence-electron chi connectivity index (χ0n) is 21.3. The van der Waals surface area contributed by atoms with Gasteiger partial charge in [0, 0.05) is 22.3 Å². The van der Waals surface area contributed by atoms with Gasteiger partial charge in [-0.3, -0.25) is 0 Å². The van der Waals surface area contributed by atoms with Crippen LogP contribution in [0.2, 0.25) is 0 Å². The van der Waals surface area contributed by atoms with Crippen molar-refractivity contribution in [3.05, 3.63) is 108 Å². The highest BCUT2D eigenvalue weighted by molar-refractivity contribution is 5.89. The second-order valence-corrected chi connectivity index (χ2v) is 10.9. The normalized spacial score (nSPS) is 13.9. The van der Waals surface area contributed by atoms with Crippen molar-refractivity contribution in [3.63, 3.8) is 0 Å². The summed E-state index contributed by atoms with van der Waals surface area (Å²) in [4.78, 5) is 2.58. The summed E-state index contributed by atoms with van der Waals surface area (Å²) in [6.45, 7) is 14.0. The van der Waals surface area contributed by atoms with Gasteiger partial charge < -0.3 is 4.90 Å². The third-order valence-corrected chi connectivity index (χ3v) is 7.29. The van der Waals surface area contributed by atoms with E-state index in [0.717, 1.165) is 6.42 Å². The molecule has 0 spiro atoms. The summed E-state index contributed by atoms with van der Waals surface area (Å²) < 4.78 is 0. The summed E-state index contributed by atoms with van der Waals surface area (Å²) in [6, 6.07) is 33.4. The topological polar surface area (TPSA) is 3.24 Å². The molecule has 0 bridgehead atoms. The van der Waals surface area contributed by atoms with E-state index in [1.807, 2.05) is 0 Å². The number of benzene rings is 4. The van der Waals surface area contributed by atoms with E-state index in [1.165, 1.54) is 50.3 Å². The van der Waals surface area contributed by atoms with E-state index in [-0.39, 0.29) is 11.0 Å². The monoisotopic (exact) mass is 445 g/mol. The van der Waals surface area contributed by atoms with Crippen LogP contribution in [0.5, 0.6) is 0 Å². The number of nitrogens with zero attached hydrogens (tertiary/aromatic N) is 1. The number of fused-ring (bicyclic) bond motifs is 3. The second kappa shape index (κ2) is 8.17. The maximum Gasteiger partial charge on any atom is 0.0495 e. The predicted molar refractivity (Wildman–Crippen MR) is 147 cm³/mol. The van der Waals surface area contributed by atoms with Crippen molar-refractivity contribution in [2.45, 2.75) is 58.9 Å². The van der Waals surface area contributed by atoms with E-state index in [2.05, 4.69) is 137 Å². The van der Waals surface area contributed by atoms with Gasteiger partial charge in [0.25, 0.3) is 0 Å². The van der Waals surface area contributed by atoms with Gasteiger partial charge in [-0.2, -0.15) is 0 Å². The molecule has 5 rings (SSSR count). The van der Waals surface area contributed by atoms with Gasteiger partial charge in [0.15, 0.2) is 0 Å². The Labute approximate surface area is 205 Å². The van der Waals surface area contributed by atoms with Crippen LogP contribution in [0.3, 0.4) is 0 Å². The fourth-order valence-corrected chi connectivity index (χ4v) is 5.72. The molecule has 0 unspecified atom stereocenters. The van der Waals surface area contributed by atoms with E-state index < -0.39 is 0 Å². The summed E-state index contributed by atoms with van der Waals surface area (Å²) in [7, 11) is 0. The molecule has 0 saturated heterocycles. The van der Waals surface area contributed by atoms with Crippen LogP contribution in [0, 0.1) is 0 Å². The van der Waals surface area contributed by atoms with Crippen molar-refractivity contribution in [1.29, 1.82) is 0 Å². The smallest absolute Gasteiger partial charge is 0.0495 e. The maximum atomic E-state index is 2.58. The summed E-state index contributed by atoms with van der Waals surface area (Å²) in [6.07, 6.45) is 1.00. The van der Waals surface area contributed by atoms with Crippen molar-refractivity contribution >= 4 is 11.4 Å². The molecule has 0 saturated carbocycles. The lowest BCUT2D eigenvalue weighted by molar-refractivity contribution is 0.551. The zero-order chi connectivity index (χ0) is 24.1. The van der Waals surface area contributed by atoms with Crippen molar-refractivity contribution in [2.24, 2.45) is 0 Å². The lowest BCUT2D eigenvalue weighted by atomic mass is 9.79. The zero-order valence-corrected chi connectivity index (χ0v) is 21.3. The average molecular weight is 446 g/mol. The van der Waals surface area contributed by atoms with Crippen molar-refractivity contribution in [3.8, 4) is 22.3 Å². The second-order valence-electron chi connectivity index (χ2n) is 10.9. The molecule has 0 amide bonds. The standard InChI is InChI=1S/C33H35N/c1-7-23-19-22-28-27-15-11-12-16-29(27)33(5,6)30(28)31(23)34(32(2,3)4)26-20-17-25(18-21-26)24-13-9-8-10-14-24/h8-22H,7H2,1-6H3. The number of rotatable bonds is 4. The molecule has 0 fully saturated rings. The van der Waals surface area contributed by atoms with E-state index in [1.54, 1.807) is 0 Å². The summed E-state index contributed by atoms with van der Waals surface area (Å²) in [5.41, 5.74) is 12.0. The van der Waals surface area contributed by atoms with Gasteiger partial charge in [-0.25, -0.2) is 0 Å². The van der Waals surface area contributed by atoms with Crippen LogP contribution >= 0.6 is 0 Å². The number of hydrogen-bond donors (Lipinski definition) is 0. The number of aryl methyl sites for hydroxylation is 1. The predicted octanol–water partition coefficient (Wildman–Crippen LogP) is 9.16. The molecular weight excluding hydrogens is 410 g/mol. The SMILES string of the molecule is CCc1ccc2c(c1N(c1ccc(-c3ccccc3)cc1)C(C)(C)C)C(C)(C)c1ccccc1-2. The highest BCUT2D eigenvalue weighted by Crippen LogP contribution is 2.55. The minimum atomic E-state index is -0.0852. The van der Waals surface area contributed by atoms with Gasteiger partial charge >= 0.3 is 0 Å². The molecule has 0 heterocycles. The Morgan fingerprint density at radius 1 is 0.676 bits per heavy atom. The Morgan fingerprint density at radius 3 is 1.94 bits per heavy atom. The summed E-state index contributed by atoms with van der Waals surface area (Å²) in [5, 5.41) is 0. The van der Waals surface area contributed by atoms with Gasteiger partial charge in [0.1, 0.15) is 0 Å². The highest BCUT2D eigenvalue weighted by Gasteiger charge is 2.41. The van der Waals surface area contributed by atoms with Crippen molar-refractivity contribution in [2.75, 3.05) is 4.90 Å². The van der Waals surface area contributed by atoms with Crippen LogP contribution in [0.25, 0.3) is 22.3 Å². The molecule has 1 aliphatic rings. The van der Waals surface area contributed by atoms with Crippen molar-refractivity contribution < 1.29 is 0 Å². The third kappa shape index (κ3) is 3.55. The molecule has 4 aromatic rings. The van der Waals surface area contributed by atoms with E-state index in [0.29, 0.717) is 0 Å². The van der Waals surface area contributed by atoms with Crippen LogP contribution in [-0.4, -0.2) is 5.54 Å².